The standard InChI is InChI=1S/C12H12BrCl2NO/c13-10-5-9(1-2-11(10)15)12(17)16-4-3-8(6-14)7-16/h1-2,5,8H,3-4,6-7H2. The second-order valence-electron chi connectivity index (χ2n) is 4.19. The first kappa shape index (κ1) is 13.2. The minimum Gasteiger partial charge on any atom is -0.338 e. The maximum Gasteiger partial charge on any atom is 0.253 e. The van der Waals surface area contributed by atoms with Crippen LogP contribution in [0.4, 0.5) is 0 Å². The van der Waals surface area contributed by atoms with Crippen molar-refractivity contribution in [2.45, 2.75) is 6.42 Å². The molecular formula is C12H12BrCl2NO. The van der Waals surface area contributed by atoms with Crippen molar-refractivity contribution in [2.24, 2.45) is 5.92 Å². The highest BCUT2D eigenvalue weighted by atomic mass is 79.9. The Balaban J connectivity index is 2.12. The van der Waals surface area contributed by atoms with Crippen LogP contribution in [0.15, 0.2) is 22.7 Å². The Bertz CT molecular complexity index is 439. The fourth-order valence-corrected chi connectivity index (χ4v) is 2.70. The Labute approximate surface area is 119 Å². The van der Waals surface area contributed by atoms with Crippen LogP contribution >= 0.6 is 39.1 Å². The van der Waals surface area contributed by atoms with Gasteiger partial charge in [0.25, 0.3) is 5.91 Å². The molecule has 5 heteroatoms. The maximum absolute atomic E-state index is 12.2. The fraction of sp³-hybridized carbons (Fsp3) is 0.417. The van der Waals surface area contributed by atoms with Crippen molar-refractivity contribution in [3.63, 3.8) is 0 Å². The summed E-state index contributed by atoms with van der Waals surface area (Å²) in [7, 11) is 0. The maximum atomic E-state index is 12.2. The molecule has 1 aliphatic heterocycles. The number of hydrogen-bond donors (Lipinski definition) is 0. The van der Waals surface area contributed by atoms with E-state index in [0.29, 0.717) is 22.4 Å². The molecule has 2 rings (SSSR count). The molecule has 0 radical (unpaired) electrons. The van der Waals surface area contributed by atoms with Gasteiger partial charge in [0.05, 0.1) is 5.02 Å². The number of likely N-dealkylation sites (tertiary alicyclic amines) is 1. The van der Waals surface area contributed by atoms with Crippen molar-refractivity contribution in [1.29, 1.82) is 0 Å². The summed E-state index contributed by atoms with van der Waals surface area (Å²) in [4.78, 5) is 14.0. The third-order valence-corrected chi connectivity index (χ3v) is 4.61. The summed E-state index contributed by atoms with van der Waals surface area (Å²) in [5.74, 6) is 1.10. The van der Waals surface area contributed by atoms with Crippen LogP contribution in [-0.2, 0) is 0 Å². The van der Waals surface area contributed by atoms with Gasteiger partial charge < -0.3 is 4.90 Å². The summed E-state index contributed by atoms with van der Waals surface area (Å²) < 4.78 is 0.748. The van der Waals surface area contributed by atoms with Crippen LogP contribution in [0.1, 0.15) is 16.8 Å². The lowest BCUT2D eigenvalue weighted by atomic mass is 10.1. The van der Waals surface area contributed by atoms with E-state index < -0.39 is 0 Å². The highest BCUT2D eigenvalue weighted by Crippen LogP contribution is 2.25. The van der Waals surface area contributed by atoms with Gasteiger partial charge in [-0.2, -0.15) is 0 Å². The van der Waals surface area contributed by atoms with Crippen LogP contribution < -0.4 is 0 Å². The predicted molar refractivity (Wildman–Crippen MR) is 73.9 cm³/mol. The average Bonchev–Trinajstić information content (AvgIpc) is 2.80. The highest BCUT2D eigenvalue weighted by molar-refractivity contribution is 9.10. The zero-order valence-corrected chi connectivity index (χ0v) is 12.2. The first-order valence-electron chi connectivity index (χ1n) is 5.42. The van der Waals surface area contributed by atoms with Crippen LogP contribution in [0.25, 0.3) is 0 Å². The average molecular weight is 337 g/mol. The molecule has 0 aliphatic carbocycles. The molecule has 1 unspecified atom stereocenters. The number of rotatable bonds is 2. The van der Waals surface area contributed by atoms with Gasteiger partial charge in [-0.1, -0.05) is 11.6 Å². The van der Waals surface area contributed by atoms with Crippen LogP contribution in [0.5, 0.6) is 0 Å². The summed E-state index contributed by atoms with van der Waals surface area (Å²) in [5.41, 5.74) is 0.663. The lowest BCUT2D eigenvalue weighted by Gasteiger charge is -2.16. The minimum absolute atomic E-state index is 0.0509. The van der Waals surface area contributed by atoms with E-state index in [0.717, 1.165) is 24.0 Å². The summed E-state index contributed by atoms with van der Waals surface area (Å²) in [6.07, 6.45) is 0.990. The van der Waals surface area contributed by atoms with Gasteiger partial charge in [0, 0.05) is 29.0 Å². The van der Waals surface area contributed by atoms with Crippen LogP contribution in [-0.4, -0.2) is 29.8 Å². The normalized spacial score (nSPS) is 19.7. The molecule has 0 spiro atoms. The fourth-order valence-electron chi connectivity index (χ4n) is 1.95. The molecule has 1 amide bonds. The van der Waals surface area contributed by atoms with Gasteiger partial charge in [-0.3, -0.25) is 4.79 Å². The van der Waals surface area contributed by atoms with E-state index in [2.05, 4.69) is 15.9 Å². The summed E-state index contributed by atoms with van der Waals surface area (Å²) in [6, 6.07) is 5.25. The highest BCUT2D eigenvalue weighted by Gasteiger charge is 2.26. The van der Waals surface area contributed by atoms with Crippen molar-refractivity contribution in [2.75, 3.05) is 19.0 Å². The second-order valence-corrected chi connectivity index (χ2v) is 5.76. The lowest BCUT2D eigenvalue weighted by Crippen LogP contribution is -2.28. The topological polar surface area (TPSA) is 20.3 Å². The van der Waals surface area contributed by atoms with E-state index in [-0.39, 0.29) is 5.91 Å². The predicted octanol–water partition coefficient (Wildman–Crippen LogP) is 3.80. The minimum atomic E-state index is 0.0509. The van der Waals surface area contributed by atoms with E-state index in [1.807, 2.05) is 4.90 Å². The number of halogens is 3. The number of nitrogens with zero attached hydrogens (tertiary/aromatic N) is 1. The summed E-state index contributed by atoms with van der Waals surface area (Å²) in [6.45, 7) is 1.54. The molecule has 1 atom stereocenters. The Kier molecular flexibility index (Phi) is 4.34. The summed E-state index contributed by atoms with van der Waals surface area (Å²) >= 11 is 15.0. The quantitative estimate of drug-likeness (QED) is 0.752. The molecule has 1 heterocycles. The summed E-state index contributed by atoms with van der Waals surface area (Å²) in [5, 5.41) is 0.613. The van der Waals surface area contributed by atoms with E-state index in [9.17, 15) is 4.79 Å². The first-order valence-corrected chi connectivity index (χ1v) is 7.12. The Morgan fingerprint density at radius 1 is 1.53 bits per heavy atom. The van der Waals surface area contributed by atoms with E-state index in [1.54, 1.807) is 18.2 Å². The largest absolute Gasteiger partial charge is 0.338 e. The molecule has 1 saturated heterocycles. The first-order chi connectivity index (χ1) is 8.11. The third-order valence-electron chi connectivity index (χ3n) is 2.96. The van der Waals surface area contributed by atoms with Crippen molar-refractivity contribution in [3.05, 3.63) is 33.3 Å². The van der Waals surface area contributed by atoms with E-state index >= 15 is 0 Å². The number of hydrogen-bond acceptors (Lipinski definition) is 1. The molecule has 1 aliphatic rings. The Hall–Kier alpha value is -0.250. The smallest absolute Gasteiger partial charge is 0.253 e. The van der Waals surface area contributed by atoms with Crippen molar-refractivity contribution in [1.82, 2.24) is 4.90 Å². The molecule has 1 fully saturated rings. The van der Waals surface area contributed by atoms with Gasteiger partial charge in [0.2, 0.25) is 0 Å². The van der Waals surface area contributed by atoms with Gasteiger partial charge in [0.1, 0.15) is 0 Å². The number of amides is 1. The van der Waals surface area contributed by atoms with Gasteiger partial charge >= 0.3 is 0 Å². The Morgan fingerprint density at radius 3 is 2.88 bits per heavy atom. The van der Waals surface area contributed by atoms with Gasteiger partial charge in [-0.15, -0.1) is 11.6 Å². The second kappa shape index (κ2) is 5.59. The molecule has 1 aromatic carbocycles. The molecule has 0 saturated carbocycles. The molecule has 17 heavy (non-hydrogen) atoms. The van der Waals surface area contributed by atoms with Crippen molar-refractivity contribution < 1.29 is 4.79 Å². The molecule has 0 N–H and O–H groups in total. The van der Waals surface area contributed by atoms with Crippen LogP contribution in [0.2, 0.25) is 5.02 Å². The SMILES string of the molecule is O=C(c1ccc(Cl)c(Br)c1)N1CCC(CCl)C1. The molecule has 1 aromatic rings. The molecule has 2 nitrogen and oxygen atoms in total. The zero-order valence-electron chi connectivity index (χ0n) is 9.13. The Morgan fingerprint density at radius 2 is 2.29 bits per heavy atom. The lowest BCUT2D eigenvalue weighted by molar-refractivity contribution is 0.0788. The molecule has 0 aromatic heterocycles. The van der Waals surface area contributed by atoms with E-state index in [1.165, 1.54) is 0 Å². The zero-order chi connectivity index (χ0) is 12.4. The number of carbonyl (C=O) groups excluding carboxylic acids is 1. The molecular weight excluding hydrogens is 325 g/mol. The van der Waals surface area contributed by atoms with Gasteiger partial charge in [-0.05, 0) is 46.5 Å². The van der Waals surface area contributed by atoms with E-state index in [4.69, 9.17) is 23.2 Å². The van der Waals surface area contributed by atoms with Crippen molar-refractivity contribution >= 4 is 45.0 Å². The van der Waals surface area contributed by atoms with Crippen LogP contribution in [0, 0.1) is 5.92 Å². The molecule has 0 bridgehead atoms. The third kappa shape index (κ3) is 2.95. The van der Waals surface area contributed by atoms with Gasteiger partial charge in [0.15, 0.2) is 0 Å². The number of alkyl halides is 1. The number of carbonyl (C=O) groups is 1. The van der Waals surface area contributed by atoms with Crippen molar-refractivity contribution in [3.8, 4) is 0 Å². The monoisotopic (exact) mass is 335 g/mol. The number of benzene rings is 1. The molecule has 92 valence electrons. The van der Waals surface area contributed by atoms with Gasteiger partial charge in [-0.25, -0.2) is 0 Å². The van der Waals surface area contributed by atoms with Crippen LogP contribution in [0.3, 0.4) is 0 Å².